The lowest BCUT2D eigenvalue weighted by Gasteiger charge is -2.21. The summed E-state index contributed by atoms with van der Waals surface area (Å²) in [5, 5.41) is 10.4. The third kappa shape index (κ3) is 9.13. The zero-order valence-electron chi connectivity index (χ0n) is 26.3. The number of anilines is 3. The van der Waals surface area contributed by atoms with Crippen molar-refractivity contribution in [2.45, 2.75) is 46.4 Å². The van der Waals surface area contributed by atoms with Gasteiger partial charge in [-0.3, -0.25) is 14.9 Å². The molecule has 0 saturated heterocycles. The summed E-state index contributed by atoms with van der Waals surface area (Å²) in [5.41, 5.74) is 3.17. The molecule has 238 valence electrons. The lowest BCUT2D eigenvalue weighted by molar-refractivity contribution is 0.0525. The number of methoxy groups -OCH3 is 1. The minimum atomic E-state index is -0.599. The number of rotatable bonds is 11. The Kier molecular flexibility index (Phi) is 10.6. The van der Waals surface area contributed by atoms with Crippen molar-refractivity contribution in [2.75, 3.05) is 31.4 Å². The molecule has 0 aliphatic carbocycles. The molecule has 14 heteroatoms. The fourth-order valence-corrected chi connectivity index (χ4v) is 4.64. The zero-order valence-corrected chi connectivity index (χ0v) is 27.1. The number of amides is 1. The zero-order chi connectivity index (χ0) is 32.7. The van der Waals surface area contributed by atoms with E-state index in [-0.39, 0.29) is 23.3 Å². The number of nitrogens with zero attached hydrogens (tertiary/aromatic N) is 6. The van der Waals surface area contributed by atoms with Crippen LogP contribution >= 0.6 is 11.6 Å². The number of carbonyl (C=O) groups excluding carboxylic acids is 2. The molecule has 2 heterocycles. The van der Waals surface area contributed by atoms with E-state index >= 15 is 0 Å². The van der Waals surface area contributed by atoms with Crippen LogP contribution in [0.1, 0.15) is 49.2 Å². The van der Waals surface area contributed by atoms with Gasteiger partial charge in [0.15, 0.2) is 11.6 Å². The highest BCUT2D eigenvalue weighted by Gasteiger charge is 2.22. The van der Waals surface area contributed by atoms with E-state index in [1.807, 2.05) is 64.2 Å². The van der Waals surface area contributed by atoms with Gasteiger partial charge >= 0.3 is 12.1 Å². The number of hydrogen-bond acceptors (Lipinski definition) is 11. The number of carbonyl (C=O) groups is 2. The lowest BCUT2D eigenvalue weighted by atomic mass is 10.1. The first-order valence-electron chi connectivity index (χ1n) is 14.2. The van der Waals surface area contributed by atoms with Crippen LogP contribution in [-0.2, 0) is 29.6 Å². The molecule has 0 saturated carbocycles. The summed E-state index contributed by atoms with van der Waals surface area (Å²) in [7, 11) is 5.30. The summed E-state index contributed by atoms with van der Waals surface area (Å²) in [5.74, 6) is 0.459. The average molecular weight is 637 g/mol. The van der Waals surface area contributed by atoms with Crippen LogP contribution in [-0.4, -0.2) is 68.1 Å². The van der Waals surface area contributed by atoms with E-state index in [9.17, 15) is 9.59 Å². The first-order valence-corrected chi connectivity index (χ1v) is 14.5. The molecule has 0 unspecified atom stereocenters. The predicted octanol–water partition coefficient (Wildman–Crippen LogP) is 5.83. The van der Waals surface area contributed by atoms with Crippen LogP contribution in [0.15, 0.2) is 48.9 Å². The van der Waals surface area contributed by atoms with Gasteiger partial charge in [0.1, 0.15) is 23.3 Å². The molecule has 2 aromatic heterocycles. The van der Waals surface area contributed by atoms with Crippen molar-refractivity contribution < 1.29 is 23.8 Å². The molecule has 2 aromatic carbocycles. The smallest absolute Gasteiger partial charge is 0.412 e. The standard InChI is InChI=1S/C31H37ClN8O5/c1-8-44-28(41)23-15-33-29(32)37-27(23)36-24-14-20(13-22(25(24)43-7)26-34-18-40(6)38-26)17-39(5)16-19-10-9-11-21(12-19)35-30(42)45-31(2,3)4/h9-15,18H,8,16-17H2,1-7H3,(H,35,42)(H,33,36,37). The molecule has 1 amide bonds. The van der Waals surface area contributed by atoms with E-state index in [0.29, 0.717) is 41.6 Å². The Balaban J connectivity index is 1.64. The molecule has 0 bridgehead atoms. The predicted molar refractivity (Wildman–Crippen MR) is 171 cm³/mol. The molecular formula is C31H37ClN8O5. The fourth-order valence-electron chi connectivity index (χ4n) is 4.51. The van der Waals surface area contributed by atoms with Crippen LogP contribution in [0.3, 0.4) is 0 Å². The van der Waals surface area contributed by atoms with Crippen molar-refractivity contribution in [2.24, 2.45) is 7.05 Å². The third-order valence-corrected chi connectivity index (χ3v) is 6.36. The van der Waals surface area contributed by atoms with E-state index in [0.717, 1.165) is 11.1 Å². The molecular weight excluding hydrogens is 600 g/mol. The number of aryl methyl sites for hydroxylation is 1. The first kappa shape index (κ1) is 33.1. The van der Waals surface area contributed by atoms with E-state index in [1.165, 1.54) is 13.3 Å². The highest BCUT2D eigenvalue weighted by Crippen LogP contribution is 2.38. The number of esters is 1. The largest absolute Gasteiger partial charge is 0.494 e. The van der Waals surface area contributed by atoms with Gasteiger partial charge in [0, 0.05) is 32.0 Å². The molecule has 0 aliphatic heterocycles. The maximum absolute atomic E-state index is 12.7. The van der Waals surface area contributed by atoms with Gasteiger partial charge in [-0.2, -0.15) is 10.1 Å². The monoisotopic (exact) mass is 636 g/mol. The van der Waals surface area contributed by atoms with Gasteiger partial charge in [-0.15, -0.1) is 0 Å². The molecule has 0 fully saturated rings. The molecule has 4 rings (SSSR count). The molecule has 4 aromatic rings. The van der Waals surface area contributed by atoms with E-state index in [2.05, 4.69) is 35.6 Å². The highest BCUT2D eigenvalue weighted by molar-refractivity contribution is 6.28. The second-order valence-corrected chi connectivity index (χ2v) is 11.6. The quantitative estimate of drug-likeness (QED) is 0.151. The maximum Gasteiger partial charge on any atom is 0.412 e. The summed E-state index contributed by atoms with van der Waals surface area (Å²) in [6, 6.07) is 11.4. The van der Waals surface area contributed by atoms with Gasteiger partial charge in [0.05, 0.1) is 25.0 Å². The van der Waals surface area contributed by atoms with Crippen molar-refractivity contribution >= 4 is 40.9 Å². The minimum Gasteiger partial charge on any atom is -0.494 e. The molecule has 13 nitrogen and oxygen atoms in total. The van der Waals surface area contributed by atoms with Crippen LogP contribution in [0, 0.1) is 0 Å². The second-order valence-electron chi connectivity index (χ2n) is 11.2. The van der Waals surface area contributed by atoms with E-state index in [4.69, 9.17) is 25.8 Å². The number of halogens is 1. The van der Waals surface area contributed by atoms with Gasteiger partial charge in [0.2, 0.25) is 5.28 Å². The minimum absolute atomic E-state index is 0.0459. The summed E-state index contributed by atoms with van der Waals surface area (Å²) in [4.78, 5) is 39.7. The molecule has 0 atom stereocenters. The average Bonchev–Trinajstić information content (AvgIpc) is 3.38. The molecule has 0 spiro atoms. The summed E-state index contributed by atoms with van der Waals surface area (Å²) in [6.07, 6.45) is 2.40. The van der Waals surface area contributed by atoms with Crippen molar-refractivity contribution in [1.82, 2.24) is 29.6 Å². The third-order valence-electron chi connectivity index (χ3n) is 6.18. The van der Waals surface area contributed by atoms with Crippen LogP contribution in [0.2, 0.25) is 5.28 Å². The molecule has 2 N–H and O–H groups in total. The Bertz CT molecular complexity index is 1670. The number of ether oxygens (including phenoxy) is 3. The summed E-state index contributed by atoms with van der Waals surface area (Å²) in [6.45, 7) is 8.42. The number of nitrogens with one attached hydrogen (secondary N) is 2. The molecule has 0 aliphatic rings. The van der Waals surface area contributed by atoms with Gasteiger partial charge in [0.25, 0.3) is 0 Å². The summed E-state index contributed by atoms with van der Waals surface area (Å²) < 4.78 is 18.0. The number of hydrogen-bond donors (Lipinski definition) is 2. The Morgan fingerprint density at radius 3 is 2.51 bits per heavy atom. The summed E-state index contributed by atoms with van der Waals surface area (Å²) >= 11 is 6.11. The van der Waals surface area contributed by atoms with Crippen LogP contribution in [0.5, 0.6) is 5.75 Å². The Morgan fingerprint density at radius 2 is 1.84 bits per heavy atom. The van der Waals surface area contributed by atoms with Crippen molar-refractivity contribution in [1.29, 1.82) is 0 Å². The molecule has 0 radical (unpaired) electrons. The van der Waals surface area contributed by atoms with Gasteiger partial charge in [-0.25, -0.2) is 19.6 Å². The fraction of sp³-hybridized carbons (Fsp3) is 0.355. The maximum atomic E-state index is 12.7. The van der Waals surface area contributed by atoms with E-state index < -0.39 is 17.7 Å². The van der Waals surface area contributed by atoms with Crippen molar-refractivity contribution in [3.8, 4) is 17.1 Å². The van der Waals surface area contributed by atoms with Crippen LogP contribution in [0.4, 0.5) is 22.0 Å². The lowest BCUT2D eigenvalue weighted by Crippen LogP contribution is -2.27. The van der Waals surface area contributed by atoms with Crippen LogP contribution < -0.4 is 15.4 Å². The Morgan fingerprint density at radius 1 is 1.09 bits per heavy atom. The van der Waals surface area contributed by atoms with Crippen LogP contribution in [0.25, 0.3) is 11.4 Å². The topological polar surface area (TPSA) is 146 Å². The van der Waals surface area contributed by atoms with Crippen molar-refractivity contribution in [3.05, 3.63) is 70.9 Å². The normalized spacial score (nSPS) is 11.3. The van der Waals surface area contributed by atoms with E-state index in [1.54, 1.807) is 25.0 Å². The first-order chi connectivity index (χ1) is 21.3. The number of aromatic nitrogens is 5. The highest BCUT2D eigenvalue weighted by atomic mass is 35.5. The Hall–Kier alpha value is -4.75. The van der Waals surface area contributed by atoms with Gasteiger partial charge in [-0.1, -0.05) is 12.1 Å². The van der Waals surface area contributed by atoms with Gasteiger partial charge in [-0.05, 0) is 81.7 Å². The van der Waals surface area contributed by atoms with Gasteiger partial charge < -0.3 is 19.5 Å². The number of benzene rings is 2. The Labute approximate surface area is 266 Å². The SMILES string of the molecule is CCOC(=O)c1cnc(Cl)nc1Nc1cc(CN(C)Cc2cccc(NC(=O)OC(C)(C)C)c2)cc(-c2ncn(C)n2)c1OC. The second kappa shape index (κ2) is 14.4. The van der Waals surface area contributed by atoms with Crippen molar-refractivity contribution in [3.63, 3.8) is 0 Å². The molecule has 45 heavy (non-hydrogen) atoms.